The molecule has 0 saturated carbocycles. The van der Waals surface area contributed by atoms with Crippen LogP contribution in [0.1, 0.15) is 28.4 Å². The summed E-state index contributed by atoms with van der Waals surface area (Å²) in [6.07, 6.45) is 8.47. The van der Waals surface area contributed by atoms with Crippen molar-refractivity contribution in [2.24, 2.45) is 0 Å². The number of hydrogen-bond donors (Lipinski definition) is 2. The summed E-state index contributed by atoms with van der Waals surface area (Å²) < 4.78 is 7.12. The fraction of sp³-hybridized carbons (Fsp3) is 0.300. The molecule has 0 spiro atoms. The molecule has 29 heavy (non-hydrogen) atoms. The van der Waals surface area contributed by atoms with Crippen LogP contribution in [-0.2, 0) is 19.4 Å². The van der Waals surface area contributed by atoms with E-state index < -0.39 is 0 Å². The fourth-order valence-corrected chi connectivity index (χ4v) is 3.10. The molecule has 1 amide bonds. The number of nitrogens with zero attached hydrogens (tertiary/aromatic N) is 4. The number of halogens is 1. The number of nitrogens with one attached hydrogen (secondary N) is 2. The van der Waals surface area contributed by atoms with E-state index in [4.69, 9.17) is 16.3 Å². The summed E-state index contributed by atoms with van der Waals surface area (Å²) in [6.45, 7) is 2.82. The number of rotatable bonds is 8. The van der Waals surface area contributed by atoms with Gasteiger partial charge in [0.15, 0.2) is 0 Å². The molecule has 0 aliphatic heterocycles. The normalized spacial score (nSPS) is 10.6. The van der Waals surface area contributed by atoms with Crippen molar-refractivity contribution in [3.8, 4) is 5.75 Å². The van der Waals surface area contributed by atoms with Crippen molar-refractivity contribution in [2.75, 3.05) is 19.5 Å². The number of amides is 1. The molecule has 9 heteroatoms. The highest BCUT2D eigenvalue weighted by molar-refractivity contribution is 6.33. The largest absolute Gasteiger partial charge is 0.495 e. The van der Waals surface area contributed by atoms with Gasteiger partial charge in [-0.3, -0.25) is 9.48 Å². The SMILES string of the molecule is CCn1cc(Nc2ncc(CCc3cc(C(=O)NC)cc(OC)c3Cl)cn2)cn1. The third-order valence-corrected chi connectivity index (χ3v) is 4.85. The van der Waals surface area contributed by atoms with Gasteiger partial charge in [-0.15, -0.1) is 0 Å². The van der Waals surface area contributed by atoms with Gasteiger partial charge in [0.2, 0.25) is 5.95 Å². The van der Waals surface area contributed by atoms with E-state index in [0.717, 1.165) is 23.4 Å². The number of carbonyl (C=O) groups excluding carboxylic acids is 1. The molecule has 0 aliphatic rings. The van der Waals surface area contributed by atoms with Gasteiger partial charge in [-0.1, -0.05) is 11.6 Å². The first kappa shape index (κ1) is 20.6. The van der Waals surface area contributed by atoms with Crippen molar-refractivity contribution in [1.82, 2.24) is 25.1 Å². The zero-order chi connectivity index (χ0) is 20.8. The van der Waals surface area contributed by atoms with Gasteiger partial charge >= 0.3 is 0 Å². The van der Waals surface area contributed by atoms with E-state index in [1.54, 1.807) is 37.8 Å². The van der Waals surface area contributed by atoms with Crippen LogP contribution in [0, 0.1) is 0 Å². The lowest BCUT2D eigenvalue weighted by Crippen LogP contribution is -2.18. The van der Waals surface area contributed by atoms with Crippen LogP contribution in [0.3, 0.4) is 0 Å². The summed E-state index contributed by atoms with van der Waals surface area (Å²) in [6, 6.07) is 3.42. The number of carbonyl (C=O) groups is 1. The van der Waals surface area contributed by atoms with Crippen LogP contribution in [0.15, 0.2) is 36.9 Å². The van der Waals surface area contributed by atoms with E-state index in [1.165, 1.54) is 7.11 Å². The van der Waals surface area contributed by atoms with Crippen molar-refractivity contribution >= 4 is 29.1 Å². The first-order chi connectivity index (χ1) is 14.0. The minimum Gasteiger partial charge on any atom is -0.495 e. The molecule has 0 fully saturated rings. The maximum atomic E-state index is 12.0. The van der Waals surface area contributed by atoms with Gasteiger partial charge in [-0.25, -0.2) is 9.97 Å². The quantitative estimate of drug-likeness (QED) is 0.587. The maximum absolute atomic E-state index is 12.0. The Kier molecular flexibility index (Phi) is 6.66. The summed E-state index contributed by atoms with van der Waals surface area (Å²) in [4.78, 5) is 20.7. The topological polar surface area (TPSA) is 94.0 Å². The Morgan fingerprint density at radius 2 is 1.97 bits per heavy atom. The monoisotopic (exact) mass is 414 g/mol. The molecule has 2 heterocycles. The summed E-state index contributed by atoms with van der Waals surface area (Å²) in [5.41, 5.74) is 3.13. The fourth-order valence-electron chi connectivity index (χ4n) is 2.82. The summed E-state index contributed by atoms with van der Waals surface area (Å²) in [5, 5.41) is 10.4. The van der Waals surface area contributed by atoms with Crippen molar-refractivity contribution in [3.63, 3.8) is 0 Å². The smallest absolute Gasteiger partial charge is 0.251 e. The Hall–Kier alpha value is -3.13. The molecule has 0 saturated heterocycles. The predicted molar refractivity (Wildman–Crippen MR) is 112 cm³/mol. The first-order valence-corrected chi connectivity index (χ1v) is 9.60. The Labute approximate surface area is 174 Å². The van der Waals surface area contributed by atoms with Crippen LogP contribution in [0.25, 0.3) is 0 Å². The first-order valence-electron chi connectivity index (χ1n) is 9.23. The molecule has 0 radical (unpaired) electrons. The highest BCUT2D eigenvalue weighted by Crippen LogP contribution is 2.31. The highest BCUT2D eigenvalue weighted by Gasteiger charge is 2.14. The second kappa shape index (κ2) is 9.38. The highest BCUT2D eigenvalue weighted by atomic mass is 35.5. The molecule has 0 atom stereocenters. The zero-order valence-corrected chi connectivity index (χ0v) is 17.3. The van der Waals surface area contributed by atoms with E-state index in [2.05, 4.69) is 25.7 Å². The number of benzene rings is 1. The van der Waals surface area contributed by atoms with Crippen LogP contribution < -0.4 is 15.4 Å². The minimum atomic E-state index is -0.189. The molecule has 8 nitrogen and oxygen atoms in total. The molecule has 1 aromatic carbocycles. The zero-order valence-electron chi connectivity index (χ0n) is 16.6. The Bertz CT molecular complexity index is 987. The van der Waals surface area contributed by atoms with E-state index in [-0.39, 0.29) is 5.91 Å². The van der Waals surface area contributed by atoms with Gasteiger partial charge in [0, 0.05) is 37.7 Å². The van der Waals surface area contributed by atoms with Gasteiger partial charge in [-0.05, 0) is 43.0 Å². The predicted octanol–water partition coefficient (Wildman–Crippen LogP) is 3.24. The van der Waals surface area contributed by atoms with Crippen LogP contribution >= 0.6 is 11.6 Å². The van der Waals surface area contributed by atoms with Gasteiger partial charge < -0.3 is 15.4 Å². The van der Waals surface area contributed by atoms with Crippen LogP contribution in [0.2, 0.25) is 5.02 Å². The number of methoxy groups -OCH3 is 1. The third-order valence-electron chi connectivity index (χ3n) is 4.43. The summed E-state index contributed by atoms with van der Waals surface area (Å²) in [7, 11) is 3.12. The van der Waals surface area contributed by atoms with Crippen LogP contribution in [-0.4, -0.2) is 39.8 Å². The lowest BCUT2D eigenvalue weighted by Gasteiger charge is -2.12. The molecule has 152 valence electrons. The van der Waals surface area contributed by atoms with E-state index in [1.807, 2.05) is 17.8 Å². The number of aryl methyl sites for hydroxylation is 3. The molecular formula is C20H23ClN6O2. The average Bonchev–Trinajstić information content (AvgIpc) is 3.21. The van der Waals surface area contributed by atoms with Crippen LogP contribution in [0.4, 0.5) is 11.6 Å². The third kappa shape index (κ3) is 5.03. The molecule has 2 aromatic heterocycles. The summed E-state index contributed by atoms with van der Waals surface area (Å²) in [5.74, 6) is 0.795. The van der Waals surface area contributed by atoms with Gasteiger partial charge in [0.1, 0.15) is 5.75 Å². The maximum Gasteiger partial charge on any atom is 0.251 e. The Morgan fingerprint density at radius 1 is 1.21 bits per heavy atom. The van der Waals surface area contributed by atoms with Gasteiger partial charge in [0.25, 0.3) is 5.91 Å². The van der Waals surface area contributed by atoms with E-state index in [9.17, 15) is 4.79 Å². The Balaban J connectivity index is 1.68. The average molecular weight is 415 g/mol. The molecule has 0 unspecified atom stereocenters. The van der Waals surface area contributed by atoms with Crippen molar-refractivity contribution in [2.45, 2.75) is 26.3 Å². The second-order valence-electron chi connectivity index (χ2n) is 6.36. The Morgan fingerprint density at radius 3 is 2.59 bits per heavy atom. The summed E-state index contributed by atoms with van der Waals surface area (Å²) >= 11 is 6.42. The van der Waals surface area contributed by atoms with Crippen molar-refractivity contribution in [3.05, 3.63) is 58.6 Å². The number of anilines is 2. The number of hydrogen-bond acceptors (Lipinski definition) is 6. The second-order valence-corrected chi connectivity index (χ2v) is 6.73. The lowest BCUT2D eigenvalue weighted by atomic mass is 10.0. The minimum absolute atomic E-state index is 0.189. The number of ether oxygens (including phenoxy) is 1. The molecule has 0 bridgehead atoms. The number of aromatic nitrogens is 4. The van der Waals surface area contributed by atoms with Crippen LogP contribution in [0.5, 0.6) is 5.75 Å². The lowest BCUT2D eigenvalue weighted by molar-refractivity contribution is 0.0962. The molecule has 3 aromatic rings. The molecule has 0 aliphatic carbocycles. The van der Waals surface area contributed by atoms with E-state index >= 15 is 0 Å². The van der Waals surface area contributed by atoms with Crippen molar-refractivity contribution in [1.29, 1.82) is 0 Å². The van der Waals surface area contributed by atoms with E-state index in [0.29, 0.717) is 35.1 Å². The molecular weight excluding hydrogens is 392 g/mol. The standard InChI is InChI=1S/C20H23ClN6O2/c1-4-27-12-16(11-25-27)26-20-23-9-13(10-24-20)5-6-14-7-15(19(28)22-2)8-17(29-3)18(14)21/h7-12H,4-6H2,1-3H3,(H,22,28)(H,23,24,26). The van der Waals surface area contributed by atoms with Gasteiger partial charge in [0.05, 0.1) is 24.0 Å². The van der Waals surface area contributed by atoms with Crippen molar-refractivity contribution < 1.29 is 9.53 Å². The molecule has 3 rings (SSSR count). The molecule has 2 N–H and O–H groups in total. The van der Waals surface area contributed by atoms with Gasteiger partial charge in [-0.2, -0.15) is 5.10 Å².